The summed E-state index contributed by atoms with van der Waals surface area (Å²) in [6.45, 7) is 0. The molecule has 0 fully saturated rings. The summed E-state index contributed by atoms with van der Waals surface area (Å²) in [6.07, 6.45) is 2.31. The normalized spacial score (nSPS) is 12.1. The molecular weight excluding hydrogens is 267 g/mol. The van der Waals surface area contributed by atoms with Gasteiger partial charge in [0.25, 0.3) is 0 Å². The van der Waals surface area contributed by atoms with Gasteiger partial charge in [0.15, 0.2) is 5.82 Å². The second kappa shape index (κ2) is 5.81. The lowest BCUT2D eigenvalue weighted by Gasteiger charge is -2.11. The fourth-order valence-corrected chi connectivity index (χ4v) is 2.05. The number of nitrogens with zero attached hydrogens (tertiary/aromatic N) is 2. The van der Waals surface area contributed by atoms with Crippen LogP contribution in [0.25, 0.3) is 11.4 Å². The molecular formula is C17H13FN2O. The SMILES string of the molecule is OC(c1ccc(F)cc1)c1cnc(-c2ccccc2)nc1. The van der Waals surface area contributed by atoms with Gasteiger partial charge in [-0.2, -0.15) is 0 Å². The van der Waals surface area contributed by atoms with Gasteiger partial charge in [-0.15, -0.1) is 0 Å². The number of aromatic nitrogens is 2. The van der Waals surface area contributed by atoms with Gasteiger partial charge in [-0.05, 0) is 17.7 Å². The standard InChI is InChI=1S/C17H13FN2O/c18-15-8-6-12(7-9-15)16(21)14-10-19-17(20-11-14)13-4-2-1-3-5-13/h1-11,16,21H. The van der Waals surface area contributed by atoms with E-state index in [0.717, 1.165) is 5.56 Å². The molecule has 3 nitrogen and oxygen atoms in total. The fraction of sp³-hybridized carbons (Fsp3) is 0.0588. The van der Waals surface area contributed by atoms with Gasteiger partial charge < -0.3 is 5.11 Å². The first-order chi connectivity index (χ1) is 10.2. The number of hydrogen-bond donors (Lipinski definition) is 1. The highest BCUT2D eigenvalue weighted by molar-refractivity contribution is 5.54. The Balaban J connectivity index is 1.85. The summed E-state index contributed by atoms with van der Waals surface area (Å²) in [7, 11) is 0. The highest BCUT2D eigenvalue weighted by Gasteiger charge is 2.12. The summed E-state index contributed by atoms with van der Waals surface area (Å²) >= 11 is 0. The Morgan fingerprint density at radius 3 is 2.05 bits per heavy atom. The zero-order valence-electron chi connectivity index (χ0n) is 11.1. The highest BCUT2D eigenvalue weighted by atomic mass is 19.1. The van der Waals surface area contributed by atoms with Crippen LogP contribution in [-0.2, 0) is 0 Å². The molecule has 1 atom stereocenters. The van der Waals surface area contributed by atoms with Crippen LogP contribution in [0.4, 0.5) is 4.39 Å². The van der Waals surface area contributed by atoms with E-state index in [2.05, 4.69) is 9.97 Å². The number of hydrogen-bond acceptors (Lipinski definition) is 3. The van der Waals surface area contributed by atoms with Gasteiger partial charge >= 0.3 is 0 Å². The van der Waals surface area contributed by atoms with Crippen LogP contribution < -0.4 is 0 Å². The summed E-state index contributed by atoms with van der Waals surface area (Å²) in [5, 5.41) is 10.2. The van der Waals surface area contributed by atoms with Crippen molar-refractivity contribution in [2.75, 3.05) is 0 Å². The van der Waals surface area contributed by atoms with E-state index >= 15 is 0 Å². The third kappa shape index (κ3) is 2.95. The Hall–Kier alpha value is -2.59. The number of rotatable bonds is 3. The maximum Gasteiger partial charge on any atom is 0.159 e. The van der Waals surface area contributed by atoms with Gasteiger partial charge in [-0.25, -0.2) is 14.4 Å². The second-order valence-electron chi connectivity index (χ2n) is 4.66. The average molecular weight is 280 g/mol. The maximum atomic E-state index is 12.9. The molecule has 0 aliphatic rings. The van der Waals surface area contributed by atoms with Crippen LogP contribution in [0.2, 0.25) is 0 Å². The van der Waals surface area contributed by atoms with Crippen molar-refractivity contribution in [1.82, 2.24) is 9.97 Å². The fourth-order valence-electron chi connectivity index (χ4n) is 2.05. The zero-order valence-corrected chi connectivity index (χ0v) is 11.1. The number of aliphatic hydroxyl groups is 1. The van der Waals surface area contributed by atoms with Gasteiger partial charge in [0.1, 0.15) is 11.9 Å². The van der Waals surface area contributed by atoms with Gasteiger partial charge in [0.2, 0.25) is 0 Å². The van der Waals surface area contributed by atoms with E-state index in [0.29, 0.717) is 17.0 Å². The van der Waals surface area contributed by atoms with Crippen LogP contribution in [-0.4, -0.2) is 15.1 Å². The van der Waals surface area contributed by atoms with E-state index < -0.39 is 6.10 Å². The van der Waals surface area contributed by atoms with Gasteiger partial charge in [0.05, 0.1) is 0 Å². The summed E-state index contributed by atoms with van der Waals surface area (Å²) in [4.78, 5) is 8.54. The lowest BCUT2D eigenvalue weighted by molar-refractivity contribution is 0.219. The lowest BCUT2D eigenvalue weighted by Crippen LogP contribution is -2.02. The van der Waals surface area contributed by atoms with Crippen molar-refractivity contribution in [1.29, 1.82) is 0 Å². The molecule has 0 spiro atoms. The minimum absolute atomic E-state index is 0.332. The lowest BCUT2D eigenvalue weighted by atomic mass is 10.0. The van der Waals surface area contributed by atoms with E-state index in [1.807, 2.05) is 30.3 Å². The Morgan fingerprint density at radius 1 is 0.810 bits per heavy atom. The summed E-state index contributed by atoms with van der Waals surface area (Å²) in [6, 6.07) is 15.3. The topological polar surface area (TPSA) is 46.0 Å². The molecule has 4 heteroatoms. The Kier molecular flexibility index (Phi) is 3.71. The number of halogens is 1. The predicted octanol–water partition coefficient (Wildman–Crippen LogP) is 3.36. The minimum atomic E-state index is -0.865. The van der Waals surface area contributed by atoms with Gasteiger partial charge in [-0.3, -0.25) is 0 Å². The number of benzene rings is 2. The minimum Gasteiger partial charge on any atom is -0.384 e. The molecule has 1 unspecified atom stereocenters. The number of aliphatic hydroxyl groups excluding tert-OH is 1. The molecule has 2 aromatic carbocycles. The molecule has 0 saturated carbocycles. The first-order valence-electron chi connectivity index (χ1n) is 6.55. The van der Waals surface area contributed by atoms with E-state index in [-0.39, 0.29) is 5.82 Å². The first-order valence-corrected chi connectivity index (χ1v) is 6.55. The molecule has 0 aliphatic heterocycles. The smallest absolute Gasteiger partial charge is 0.159 e. The summed E-state index contributed by atoms with van der Waals surface area (Å²) in [5.74, 6) is 0.271. The maximum absolute atomic E-state index is 12.9. The van der Waals surface area contributed by atoms with E-state index in [4.69, 9.17) is 0 Å². The molecule has 1 heterocycles. The van der Waals surface area contributed by atoms with Crippen molar-refractivity contribution in [3.05, 3.63) is 83.9 Å². The molecule has 1 N–H and O–H groups in total. The third-order valence-electron chi connectivity index (χ3n) is 3.21. The van der Waals surface area contributed by atoms with Crippen LogP contribution in [0.3, 0.4) is 0 Å². The van der Waals surface area contributed by atoms with Crippen molar-refractivity contribution < 1.29 is 9.50 Å². The molecule has 0 saturated heterocycles. The Bertz CT molecular complexity index is 712. The first kappa shape index (κ1) is 13.4. The zero-order chi connectivity index (χ0) is 14.7. The molecule has 0 bridgehead atoms. The predicted molar refractivity (Wildman–Crippen MR) is 77.9 cm³/mol. The summed E-state index contributed by atoms with van der Waals surface area (Å²) < 4.78 is 12.9. The monoisotopic (exact) mass is 280 g/mol. The molecule has 0 aliphatic carbocycles. The molecule has 0 amide bonds. The van der Waals surface area contributed by atoms with Gasteiger partial charge in [0, 0.05) is 23.5 Å². The second-order valence-corrected chi connectivity index (χ2v) is 4.66. The Labute approximate surface area is 121 Å². The van der Waals surface area contributed by atoms with Crippen LogP contribution in [0, 0.1) is 5.82 Å². The largest absolute Gasteiger partial charge is 0.384 e. The molecule has 3 rings (SSSR count). The molecule has 104 valence electrons. The van der Waals surface area contributed by atoms with Crippen molar-refractivity contribution in [3.8, 4) is 11.4 Å². The van der Waals surface area contributed by atoms with Gasteiger partial charge in [-0.1, -0.05) is 42.5 Å². The average Bonchev–Trinajstić information content (AvgIpc) is 2.56. The van der Waals surface area contributed by atoms with Crippen molar-refractivity contribution in [3.63, 3.8) is 0 Å². The van der Waals surface area contributed by atoms with Crippen molar-refractivity contribution in [2.24, 2.45) is 0 Å². The van der Waals surface area contributed by atoms with Crippen molar-refractivity contribution in [2.45, 2.75) is 6.10 Å². The molecule has 1 aromatic heterocycles. The van der Waals surface area contributed by atoms with Crippen LogP contribution >= 0.6 is 0 Å². The Morgan fingerprint density at radius 2 is 1.43 bits per heavy atom. The highest BCUT2D eigenvalue weighted by Crippen LogP contribution is 2.22. The van der Waals surface area contributed by atoms with E-state index in [1.165, 1.54) is 12.1 Å². The molecule has 0 radical (unpaired) electrons. The third-order valence-corrected chi connectivity index (χ3v) is 3.21. The molecule has 3 aromatic rings. The van der Waals surface area contributed by atoms with E-state index in [9.17, 15) is 9.50 Å². The van der Waals surface area contributed by atoms with Crippen LogP contribution in [0.15, 0.2) is 67.0 Å². The van der Waals surface area contributed by atoms with Crippen LogP contribution in [0.5, 0.6) is 0 Å². The van der Waals surface area contributed by atoms with Crippen LogP contribution in [0.1, 0.15) is 17.2 Å². The van der Waals surface area contributed by atoms with E-state index in [1.54, 1.807) is 24.5 Å². The molecule has 21 heavy (non-hydrogen) atoms. The van der Waals surface area contributed by atoms with Crippen molar-refractivity contribution >= 4 is 0 Å². The quantitative estimate of drug-likeness (QED) is 0.800. The summed E-state index contributed by atoms with van der Waals surface area (Å²) in [5.41, 5.74) is 2.09.